The van der Waals surface area contributed by atoms with Gasteiger partial charge in [-0.2, -0.15) is 10.4 Å². The summed E-state index contributed by atoms with van der Waals surface area (Å²) in [6.45, 7) is 2.99. The molecule has 12 heteroatoms. The van der Waals surface area contributed by atoms with E-state index in [0.717, 1.165) is 21.9 Å². The Morgan fingerprint density at radius 1 is 1.24 bits per heavy atom. The number of pyridine rings is 1. The molecule has 208 valence electrons. The van der Waals surface area contributed by atoms with Gasteiger partial charge >= 0.3 is 5.97 Å². The fraction of sp³-hybridized carbons (Fsp3) is 0.241. The van der Waals surface area contributed by atoms with Crippen molar-refractivity contribution >= 4 is 43.4 Å². The Kier molecular flexibility index (Phi) is 6.38. The fourth-order valence-electron chi connectivity index (χ4n) is 5.26. The Morgan fingerprint density at radius 3 is 2.78 bits per heavy atom. The van der Waals surface area contributed by atoms with E-state index in [4.69, 9.17) is 14.6 Å². The van der Waals surface area contributed by atoms with Gasteiger partial charge in [-0.3, -0.25) is 4.68 Å². The van der Waals surface area contributed by atoms with Crippen molar-refractivity contribution in [3.05, 3.63) is 77.2 Å². The maximum absolute atomic E-state index is 12.7. The number of nitrogens with zero attached hydrogens (tertiary/aromatic N) is 5. The molecule has 4 heterocycles. The average Bonchev–Trinajstić information content (AvgIpc) is 3.59. The molecule has 0 spiro atoms. The number of anilines is 1. The van der Waals surface area contributed by atoms with Gasteiger partial charge in [0.2, 0.25) is 0 Å². The summed E-state index contributed by atoms with van der Waals surface area (Å²) in [7, 11) is -2.18. The second kappa shape index (κ2) is 9.94. The number of aromatic amines is 1. The average molecular weight is 571 g/mol. The van der Waals surface area contributed by atoms with Gasteiger partial charge < -0.3 is 19.4 Å². The normalized spacial score (nSPS) is 13.8. The van der Waals surface area contributed by atoms with E-state index in [2.05, 4.69) is 16.0 Å². The Morgan fingerprint density at radius 2 is 2.05 bits per heavy atom. The molecule has 0 atom stereocenters. The van der Waals surface area contributed by atoms with Crippen LogP contribution in [0.1, 0.15) is 27.0 Å². The highest BCUT2D eigenvalue weighted by molar-refractivity contribution is 7.90. The van der Waals surface area contributed by atoms with E-state index in [0.29, 0.717) is 46.9 Å². The lowest BCUT2D eigenvalue weighted by Gasteiger charge is -2.40. The number of H-pyrrole nitrogens is 1. The summed E-state index contributed by atoms with van der Waals surface area (Å²) in [6, 6.07) is 12.6. The molecule has 0 radical (unpaired) electrons. The summed E-state index contributed by atoms with van der Waals surface area (Å²) in [6.07, 6.45) is 6.16. The maximum Gasteiger partial charge on any atom is 0.341 e. The third-order valence-electron chi connectivity index (χ3n) is 7.25. The topological polar surface area (TPSA) is 143 Å². The van der Waals surface area contributed by atoms with Gasteiger partial charge in [0, 0.05) is 46.7 Å². The highest BCUT2D eigenvalue weighted by atomic mass is 32.2. The van der Waals surface area contributed by atoms with Crippen molar-refractivity contribution < 1.29 is 22.7 Å². The van der Waals surface area contributed by atoms with E-state index in [-0.39, 0.29) is 17.5 Å². The second-order valence-corrected chi connectivity index (χ2v) is 12.0. The molecular formula is C29H26N6O5S. The second-order valence-electron chi connectivity index (χ2n) is 10.0. The van der Waals surface area contributed by atoms with Gasteiger partial charge in [-0.1, -0.05) is 0 Å². The number of hydrogen-bond acceptors (Lipinski definition) is 9. The third kappa shape index (κ3) is 4.64. The minimum Gasteiger partial charge on any atom is -0.483 e. The number of sulfone groups is 1. The Labute approximate surface area is 235 Å². The van der Waals surface area contributed by atoms with Gasteiger partial charge in [-0.15, -0.1) is 0 Å². The van der Waals surface area contributed by atoms with E-state index < -0.39 is 15.8 Å². The summed E-state index contributed by atoms with van der Waals surface area (Å²) in [5.41, 5.74) is 3.57. The number of esters is 1. The number of aromatic nitrogens is 4. The molecule has 0 saturated carbocycles. The van der Waals surface area contributed by atoms with Crippen LogP contribution in [0.2, 0.25) is 0 Å². The molecule has 1 fully saturated rings. The highest BCUT2D eigenvalue weighted by Crippen LogP contribution is 2.34. The molecule has 0 unspecified atom stereocenters. The van der Waals surface area contributed by atoms with Crippen molar-refractivity contribution in [3.8, 4) is 11.8 Å². The molecule has 6 rings (SSSR count). The van der Waals surface area contributed by atoms with Crippen LogP contribution in [0.5, 0.6) is 5.75 Å². The van der Waals surface area contributed by atoms with Gasteiger partial charge in [0.05, 0.1) is 37.2 Å². The van der Waals surface area contributed by atoms with Crippen molar-refractivity contribution in [2.24, 2.45) is 0 Å². The van der Waals surface area contributed by atoms with Crippen LogP contribution in [0.4, 0.5) is 5.82 Å². The van der Waals surface area contributed by atoms with Crippen LogP contribution in [0.15, 0.2) is 59.9 Å². The molecule has 0 bridgehead atoms. The van der Waals surface area contributed by atoms with Crippen LogP contribution >= 0.6 is 0 Å². The monoisotopic (exact) mass is 570 g/mol. The predicted octanol–water partition coefficient (Wildman–Crippen LogP) is 3.60. The highest BCUT2D eigenvalue weighted by Gasteiger charge is 2.33. The molecule has 3 aromatic heterocycles. The lowest BCUT2D eigenvalue weighted by atomic mass is 10.1. The van der Waals surface area contributed by atoms with Gasteiger partial charge in [-0.25, -0.2) is 18.2 Å². The number of benzene rings is 2. The lowest BCUT2D eigenvalue weighted by Crippen LogP contribution is -2.54. The first-order valence-corrected chi connectivity index (χ1v) is 14.7. The molecule has 1 aliphatic rings. The van der Waals surface area contributed by atoms with Crippen molar-refractivity contribution in [3.63, 3.8) is 0 Å². The van der Waals surface area contributed by atoms with Crippen LogP contribution in [-0.2, 0) is 21.1 Å². The first-order chi connectivity index (χ1) is 19.7. The Bertz CT molecular complexity index is 1980. The number of nitrogens with one attached hydrogen (secondary N) is 1. The maximum atomic E-state index is 12.7. The number of methoxy groups -OCH3 is 1. The Hall–Kier alpha value is -4.89. The number of aryl methyl sites for hydroxylation is 1. The number of fused-ring (bicyclic) bond motifs is 2. The third-order valence-corrected chi connectivity index (χ3v) is 8.42. The van der Waals surface area contributed by atoms with Gasteiger partial charge in [-0.05, 0) is 48.9 Å². The number of carbonyl (C=O) groups excluding carboxylic acids is 1. The summed E-state index contributed by atoms with van der Waals surface area (Å²) in [4.78, 5) is 21.9. The van der Waals surface area contributed by atoms with E-state index in [1.54, 1.807) is 47.4 Å². The molecule has 1 saturated heterocycles. The molecule has 1 aliphatic heterocycles. The van der Waals surface area contributed by atoms with E-state index in [1.807, 2.05) is 24.1 Å². The smallest absolute Gasteiger partial charge is 0.341 e. The number of rotatable bonds is 7. The zero-order chi connectivity index (χ0) is 28.9. The van der Waals surface area contributed by atoms with Crippen LogP contribution in [0.3, 0.4) is 0 Å². The van der Waals surface area contributed by atoms with Crippen LogP contribution in [-0.4, -0.2) is 66.7 Å². The lowest BCUT2D eigenvalue weighted by molar-refractivity contribution is 0.0599. The van der Waals surface area contributed by atoms with Crippen molar-refractivity contribution in [2.45, 2.75) is 24.5 Å². The number of carbonyl (C=O) groups is 1. The van der Waals surface area contributed by atoms with Crippen LogP contribution < -0.4 is 9.64 Å². The number of hydrogen-bond donors (Lipinski definition) is 1. The van der Waals surface area contributed by atoms with Crippen LogP contribution in [0, 0.1) is 18.3 Å². The first kappa shape index (κ1) is 26.3. The zero-order valence-electron chi connectivity index (χ0n) is 22.6. The van der Waals surface area contributed by atoms with Gasteiger partial charge in [0.1, 0.15) is 29.1 Å². The quantitative estimate of drug-likeness (QED) is 0.290. The molecule has 41 heavy (non-hydrogen) atoms. The first-order valence-electron chi connectivity index (χ1n) is 12.8. The van der Waals surface area contributed by atoms with E-state index >= 15 is 0 Å². The van der Waals surface area contributed by atoms with Crippen molar-refractivity contribution in [1.82, 2.24) is 19.7 Å². The molecule has 1 N–H and O–H groups in total. The zero-order valence-corrected chi connectivity index (χ0v) is 23.4. The summed E-state index contributed by atoms with van der Waals surface area (Å²) < 4.78 is 38.3. The largest absolute Gasteiger partial charge is 0.483 e. The molecule has 2 aromatic carbocycles. The molecule has 11 nitrogen and oxygen atoms in total. The number of nitriles is 1. The summed E-state index contributed by atoms with van der Waals surface area (Å²) in [5, 5.41) is 16.1. The van der Waals surface area contributed by atoms with Gasteiger partial charge in [0.15, 0.2) is 15.6 Å². The summed E-state index contributed by atoms with van der Waals surface area (Å²) in [5.74, 6) is 0.406. The molecule has 0 aliphatic carbocycles. The van der Waals surface area contributed by atoms with Crippen LogP contribution in [0.25, 0.3) is 21.8 Å². The van der Waals surface area contributed by atoms with E-state index in [1.165, 1.54) is 13.4 Å². The molecule has 5 aromatic rings. The molecular weight excluding hydrogens is 544 g/mol. The minimum absolute atomic E-state index is 0.209. The molecule has 0 amide bonds. The predicted molar refractivity (Wildman–Crippen MR) is 152 cm³/mol. The standard InChI is InChI=1S/C29H26N6O5S/c1-17-11-24(41(3,37)38)23(21-8-10-31-25(17)21)16-35-13-19-7-6-18(12-30)27(26(19)33-35)40-20-14-34(15-20)28-22(29(36)39-2)5-4-9-32-28/h4-11,13,20,31H,14-16H2,1-3H3. The van der Waals surface area contributed by atoms with Crippen molar-refractivity contribution in [2.75, 3.05) is 31.4 Å². The van der Waals surface area contributed by atoms with Gasteiger partial charge in [0.25, 0.3) is 0 Å². The van der Waals surface area contributed by atoms with E-state index in [9.17, 15) is 18.5 Å². The summed E-state index contributed by atoms with van der Waals surface area (Å²) >= 11 is 0. The SMILES string of the molecule is COC(=O)c1cccnc1N1CC(Oc2c(C#N)ccc3cn(Cc4c(S(C)(=O)=O)cc(C)c5[nH]ccc45)nc23)C1. The minimum atomic E-state index is -3.51. The Balaban J connectivity index is 1.31. The van der Waals surface area contributed by atoms with Crippen molar-refractivity contribution in [1.29, 1.82) is 5.26 Å². The number of ether oxygens (including phenoxy) is 2. The fourth-order valence-corrected chi connectivity index (χ4v) is 6.28.